The number of carbonyl (C=O) groups excluding carboxylic acids is 1. The van der Waals surface area contributed by atoms with E-state index in [1.54, 1.807) is 24.3 Å². The van der Waals surface area contributed by atoms with Crippen LogP contribution in [0.4, 0.5) is 0 Å². The van der Waals surface area contributed by atoms with Gasteiger partial charge in [-0.2, -0.15) is 0 Å². The van der Waals surface area contributed by atoms with Gasteiger partial charge in [-0.3, -0.25) is 4.79 Å². The van der Waals surface area contributed by atoms with Gasteiger partial charge in [0.15, 0.2) is 5.76 Å². The Morgan fingerprint density at radius 3 is 2.04 bits per heavy atom. The van der Waals surface area contributed by atoms with E-state index < -0.39 is 5.24 Å². The van der Waals surface area contributed by atoms with Gasteiger partial charge in [-0.25, -0.2) is 4.98 Å². The molecule has 2 aromatic carbocycles. The zero-order chi connectivity index (χ0) is 17.1. The lowest BCUT2D eigenvalue weighted by Crippen LogP contribution is -1.88. The van der Waals surface area contributed by atoms with E-state index in [1.165, 1.54) is 0 Å². The first-order valence-electron chi connectivity index (χ1n) is 6.87. The fraction of sp³-hybridized carbons (Fsp3) is 0.0588. The Kier molecular flexibility index (Phi) is 5.51. The van der Waals surface area contributed by atoms with Crippen LogP contribution in [0.2, 0.25) is 10.0 Å². The number of hydrogen-bond acceptors (Lipinski definition) is 4. The summed E-state index contributed by atoms with van der Waals surface area (Å²) in [4.78, 5) is 15.5. The molecule has 1 heterocycles. The van der Waals surface area contributed by atoms with Crippen molar-refractivity contribution in [1.82, 2.24) is 4.98 Å². The maximum Gasteiger partial charge on any atom is 0.257 e. The molecule has 3 nitrogen and oxygen atoms in total. The van der Waals surface area contributed by atoms with Gasteiger partial charge in [-0.1, -0.05) is 47.1 Å². The number of carbonyl (C=O) groups is 1. The van der Waals surface area contributed by atoms with E-state index in [2.05, 4.69) is 4.98 Å². The third-order valence-electron chi connectivity index (χ3n) is 3.14. The third kappa shape index (κ3) is 4.14. The van der Waals surface area contributed by atoms with Gasteiger partial charge < -0.3 is 4.42 Å². The Hall–Kier alpha value is -1.46. The van der Waals surface area contributed by atoms with E-state index in [9.17, 15) is 4.79 Å². The number of benzene rings is 2. The summed E-state index contributed by atoms with van der Waals surface area (Å²) in [7, 11) is 0. The van der Waals surface area contributed by atoms with Crippen molar-refractivity contribution in [1.29, 1.82) is 0 Å². The molecule has 7 heteroatoms. The molecule has 0 saturated heterocycles. The second-order valence-corrected chi connectivity index (χ2v) is 7.04. The minimum atomic E-state index is -0.459. The molecule has 0 bridgehead atoms. The van der Waals surface area contributed by atoms with Crippen LogP contribution >= 0.6 is 46.6 Å². The van der Waals surface area contributed by atoms with Gasteiger partial charge in [0, 0.05) is 21.2 Å². The molecule has 0 aliphatic rings. The maximum absolute atomic E-state index is 11.0. The number of halogens is 3. The van der Waals surface area contributed by atoms with Gasteiger partial charge in [0.25, 0.3) is 5.22 Å². The molecule has 0 aliphatic carbocycles. The lowest BCUT2D eigenvalue weighted by Gasteiger charge is -2.02. The van der Waals surface area contributed by atoms with E-state index >= 15 is 0 Å². The molecule has 24 heavy (non-hydrogen) atoms. The first-order chi connectivity index (χ1) is 11.5. The van der Waals surface area contributed by atoms with Crippen LogP contribution in [-0.4, -0.2) is 16.0 Å². The van der Waals surface area contributed by atoms with Crippen molar-refractivity contribution in [2.75, 3.05) is 5.75 Å². The Balaban J connectivity index is 2.05. The largest absolute Gasteiger partial charge is 0.431 e. The Morgan fingerprint density at radius 2 is 1.50 bits per heavy atom. The van der Waals surface area contributed by atoms with Crippen molar-refractivity contribution < 1.29 is 9.21 Å². The first-order valence-corrected chi connectivity index (χ1v) is 8.99. The van der Waals surface area contributed by atoms with Crippen LogP contribution in [0.25, 0.3) is 22.6 Å². The molecule has 0 unspecified atom stereocenters. The normalized spacial score (nSPS) is 10.8. The predicted molar refractivity (Wildman–Crippen MR) is 99.0 cm³/mol. The maximum atomic E-state index is 11.0. The highest BCUT2D eigenvalue weighted by Crippen LogP contribution is 2.36. The number of hydrogen-bond donors (Lipinski definition) is 0. The van der Waals surface area contributed by atoms with Crippen molar-refractivity contribution in [3.8, 4) is 22.6 Å². The number of aromatic nitrogens is 1. The molecule has 122 valence electrons. The fourth-order valence-corrected chi connectivity index (χ4v) is 3.03. The molecule has 0 spiro atoms. The highest BCUT2D eigenvalue weighted by Gasteiger charge is 2.18. The Bertz CT molecular complexity index is 798. The molecule has 0 amide bonds. The topological polar surface area (TPSA) is 43.1 Å². The highest BCUT2D eigenvalue weighted by molar-refractivity contribution is 7.99. The van der Waals surface area contributed by atoms with Crippen molar-refractivity contribution >= 4 is 51.8 Å². The SMILES string of the molecule is O=C(Cl)CSc1nc(-c2ccc(Cl)cc2)c(-c2ccc(Cl)cc2)o1. The lowest BCUT2D eigenvalue weighted by atomic mass is 10.1. The highest BCUT2D eigenvalue weighted by atomic mass is 35.5. The van der Waals surface area contributed by atoms with Gasteiger partial charge in [0.2, 0.25) is 5.24 Å². The van der Waals surface area contributed by atoms with Crippen LogP contribution in [0.5, 0.6) is 0 Å². The number of rotatable bonds is 5. The van der Waals surface area contributed by atoms with E-state index in [4.69, 9.17) is 39.2 Å². The molecule has 0 aliphatic heterocycles. The summed E-state index contributed by atoms with van der Waals surface area (Å²) in [5.74, 6) is 0.681. The molecular weight excluding hydrogens is 389 g/mol. The standard InChI is InChI=1S/C17H10Cl3NO2S/c18-12-5-1-10(2-6-12)15-16(11-3-7-13(19)8-4-11)23-17(21-15)24-9-14(20)22/h1-8H,9H2. The van der Waals surface area contributed by atoms with Crippen LogP contribution in [0.3, 0.4) is 0 Å². The van der Waals surface area contributed by atoms with Crippen molar-refractivity contribution in [2.45, 2.75) is 5.22 Å². The van der Waals surface area contributed by atoms with Crippen molar-refractivity contribution in [3.63, 3.8) is 0 Å². The zero-order valence-electron chi connectivity index (χ0n) is 12.1. The number of nitrogens with zero attached hydrogens (tertiary/aromatic N) is 1. The minimum Gasteiger partial charge on any atom is -0.431 e. The second-order valence-electron chi connectivity index (χ2n) is 4.82. The summed E-state index contributed by atoms with van der Waals surface area (Å²) >= 11 is 18.4. The van der Waals surface area contributed by atoms with Crippen molar-refractivity contribution in [3.05, 3.63) is 58.6 Å². The quantitative estimate of drug-likeness (QED) is 0.380. The number of oxazole rings is 1. The van der Waals surface area contributed by atoms with E-state index in [-0.39, 0.29) is 5.75 Å². The summed E-state index contributed by atoms with van der Waals surface area (Å²) in [5.41, 5.74) is 2.36. The number of thioether (sulfide) groups is 1. The van der Waals surface area contributed by atoms with Crippen LogP contribution in [0.1, 0.15) is 0 Å². The molecular formula is C17H10Cl3NO2S. The van der Waals surface area contributed by atoms with Gasteiger partial charge in [0.1, 0.15) is 5.69 Å². The van der Waals surface area contributed by atoms with Crippen LogP contribution in [0, 0.1) is 0 Å². The van der Waals surface area contributed by atoms with Crippen molar-refractivity contribution in [2.24, 2.45) is 0 Å². The summed E-state index contributed by atoms with van der Waals surface area (Å²) in [6, 6.07) is 14.5. The molecule has 0 atom stereocenters. The second kappa shape index (κ2) is 7.62. The van der Waals surface area contributed by atoms with Gasteiger partial charge in [-0.05, 0) is 48.0 Å². The van der Waals surface area contributed by atoms with Gasteiger partial charge in [0.05, 0.1) is 5.75 Å². The third-order valence-corrected chi connectivity index (χ3v) is 4.76. The van der Waals surface area contributed by atoms with E-state index in [0.717, 1.165) is 22.9 Å². The summed E-state index contributed by atoms with van der Waals surface area (Å²) in [5, 5.41) is 1.18. The lowest BCUT2D eigenvalue weighted by molar-refractivity contribution is -0.109. The summed E-state index contributed by atoms with van der Waals surface area (Å²) in [6.07, 6.45) is 0. The molecule has 0 saturated carbocycles. The van der Waals surface area contributed by atoms with Gasteiger partial charge in [-0.15, -0.1) is 0 Å². The van der Waals surface area contributed by atoms with E-state index in [0.29, 0.717) is 26.7 Å². The van der Waals surface area contributed by atoms with Crippen LogP contribution in [-0.2, 0) is 4.79 Å². The molecule has 0 fully saturated rings. The predicted octanol–water partition coefficient (Wildman–Crippen LogP) is 6.17. The molecule has 0 N–H and O–H groups in total. The molecule has 1 aromatic heterocycles. The molecule has 0 radical (unpaired) electrons. The Morgan fingerprint density at radius 1 is 0.958 bits per heavy atom. The smallest absolute Gasteiger partial charge is 0.257 e. The average Bonchev–Trinajstić information content (AvgIpc) is 2.98. The molecule has 3 aromatic rings. The Labute approximate surface area is 157 Å². The molecule has 3 rings (SSSR count). The van der Waals surface area contributed by atoms with Gasteiger partial charge >= 0.3 is 0 Å². The van der Waals surface area contributed by atoms with Crippen LogP contribution in [0.15, 0.2) is 58.2 Å². The van der Waals surface area contributed by atoms with E-state index in [1.807, 2.05) is 24.3 Å². The monoisotopic (exact) mass is 397 g/mol. The summed E-state index contributed by atoms with van der Waals surface area (Å²) in [6.45, 7) is 0. The zero-order valence-corrected chi connectivity index (χ0v) is 15.2. The van der Waals surface area contributed by atoms with Crippen LogP contribution < -0.4 is 0 Å². The minimum absolute atomic E-state index is 0.0855. The first kappa shape index (κ1) is 17.4. The summed E-state index contributed by atoms with van der Waals surface area (Å²) < 4.78 is 5.84. The fourth-order valence-electron chi connectivity index (χ4n) is 2.08. The average molecular weight is 399 g/mol.